The third kappa shape index (κ3) is 4.30. The molecule has 2 rings (SSSR count). The highest BCUT2D eigenvalue weighted by Crippen LogP contribution is 2.16. The molecule has 0 aromatic heterocycles. The maximum Gasteiger partial charge on any atom is 0.323 e. The Kier molecular flexibility index (Phi) is 4.92. The molecule has 1 unspecified atom stereocenters. The van der Waals surface area contributed by atoms with Gasteiger partial charge in [0, 0.05) is 17.4 Å². The second kappa shape index (κ2) is 6.88. The van der Waals surface area contributed by atoms with Gasteiger partial charge in [0.1, 0.15) is 0 Å². The molecule has 5 N–H and O–H groups in total. The molecule has 0 aliphatic carbocycles. The summed E-state index contributed by atoms with van der Waals surface area (Å²) in [5.74, 6) is 0. The topological polar surface area (TPSA) is 87.4 Å². The standard InChI is InChI=1S/C16H19N3O2/c1-11(17)13-3-2-4-15(9-13)19-16(21)18-14-7-5-12(10-20)6-8-14/h2-9,11,20H,10,17H2,1H3,(H2,18,19,21). The highest BCUT2D eigenvalue weighted by Gasteiger charge is 2.05. The molecule has 0 heterocycles. The molecule has 1 atom stereocenters. The van der Waals surface area contributed by atoms with E-state index in [1.807, 2.05) is 25.1 Å². The number of carbonyl (C=O) groups excluding carboxylic acids is 1. The Hall–Kier alpha value is -2.37. The minimum atomic E-state index is -0.325. The quantitative estimate of drug-likeness (QED) is 0.696. The van der Waals surface area contributed by atoms with E-state index in [0.717, 1.165) is 11.1 Å². The lowest BCUT2D eigenvalue weighted by Crippen LogP contribution is -2.19. The number of hydrogen-bond acceptors (Lipinski definition) is 3. The molecule has 110 valence electrons. The lowest BCUT2D eigenvalue weighted by atomic mass is 10.1. The largest absolute Gasteiger partial charge is 0.392 e. The highest BCUT2D eigenvalue weighted by atomic mass is 16.3. The molecule has 5 nitrogen and oxygen atoms in total. The second-order valence-electron chi connectivity index (χ2n) is 4.85. The van der Waals surface area contributed by atoms with Crippen LogP contribution in [0.15, 0.2) is 48.5 Å². The van der Waals surface area contributed by atoms with E-state index in [9.17, 15) is 4.79 Å². The van der Waals surface area contributed by atoms with Crippen LogP contribution in [0.1, 0.15) is 24.1 Å². The average molecular weight is 285 g/mol. The fourth-order valence-electron chi connectivity index (χ4n) is 1.89. The predicted molar refractivity (Wildman–Crippen MR) is 84.1 cm³/mol. The Morgan fingerprint density at radius 3 is 2.43 bits per heavy atom. The number of aliphatic hydroxyl groups excluding tert-OH is 1. The Bertz CT molecular complexity index is 609. The summed E-state index contributed by atoms with van der Waals surface area (Å²) < 4.78 is 0. The SMILES string of the molecule is CC(N)c1cccc(NC(=O)Nc2ccc(CO)cc2)c1. The summed E-state index contributed by atoms with van der Waals surface area (Å²) >= 11 is 0. The average Bonchev–Trinajstić information content (AvgIpc) is 2.48. The van der Waals surface area contributed by atoms with Crippen molar-refractivity contribution >= 4 is 17.4 Å². The van der Waals surface area contributed by atoms with E-state index in [0.29, 0.717) is 11.4 Å². The smallest absolute Gasteiger partial charge is 0.323 e. The van der Waals surface area contributed by atoms with E-state index >= 15 is 0 Å². The van der Waals surface area contributed by atoms with Crippen LogP contribution in [0.3, 0.4) is 0 Å². The molecule has 2 amide bonds. The molecular weight excluding hydrogens is 266 g/mol. The number of urea groups is 1. The van der Waals surface area contributed by atoms with Gasteiger partial charge in [0.25, 0.3) is 0 Å². The van der Waals surface area contributed by atoms with Gasteiger partial charge in [-0.3, -0.25) is 0 Å². The first kappa shape index (κ1) is 15.0. The number of benzene rings is 2. The number of hydrogen-bond donors (Lipinski definition) is 4. The Morgan fingerprint density at radius 2 is 1.81 bits per heavy atom. The number of nitrogens with one attached hydrogen (secondary N) is 2. The van der Waals surface area contributed by atoms with E-state index in [-0.39, 0.29) is 18.7 Å². The van der Waals surface area contributed by atoms with Crippen LogP contribution in [-0.4, -0.2) is 11.1 Å². The van der Waals surface area contributed by atoms with Gasteiger partial charge in [-0.15, -0.1) is 0 Å². The number of rotatable bonds is 4. The van der Waals surface area contributed by atoms with Gasteiger partial charge in [0.2, 0.25) is 0 Å². The molecule has 0 fully saturated rings. The molecule has 21 heavy (non-hydrogen) atoms. The Morgan fingerprint density at radius 1 is 1.14 bits per heavy atom. The monoisotopic (exact) mass is 285 g/mol. The zero-order chi connectivity index (χ0) is 15.2. The zero-order valence-corrected chi connectivity index (χ0v) is 11.8. The van der Waals surface area contributed by atoms with Crippen molar-refractivity contribution in [2.45, 2.75) is 19.6 Å². The predicted octanol–water partition coefficient (Wildman–Crippen LogP) is 2.84. The van der Waals surface area contributed by atoms with Crippen LogP contribution in [0.2, 0.25) is 0 Å². The lowest BCUT2D eigenvalue weighted by molar-refractivity contribution is 0.262. The first-order valence-electron chi connectivity index (χ1n) is 6.72. The molecule has 0 saturated heterocycles. The van der Waals surface area contributed by atoms with Crippen molar-refractivity contribution in [3.63, 3.8) is 0 Å². The van der Waals surface area contributed by atoms with Gasteiger partial charge in [0.15, 0.2) is 0 Å². The minimum Gasteiger partial charge on any atom is -0.392 e. The number of aliphatic hydroxyl groups is 1. The van der Waals surface area contributed by atoms with Gasteiger partial charge in [-0.05, 0) is 42.3 Å². The van der Waals surface area contributed by atoms with Crippen LogP contribution in [0, 0.1) is 0 Å². The summed E-state index contributed by atoms with van der Waals surface area (Å²) in [7, 11) is 0. The van der Waals surface area contributed by atoms with Crippen LogP contribution >= 0.6 is 0 Å². The van der Waals surface area contributed by atoms with Crippen LogP contribution in [0.25, 0.3) is 0 Å². The summed E-state index contributed by atoms with van der Waals surface area (Å²) in [6.45, 7) is 1.87. The molecular formula is C16H19N3O2. The van der Waals surface area contributed by atoms with Crippen molar-refractivity contribution in [1.82, 2.24) is 0 Å². The van der Waals surface area contributed by atoms with Crippen molar-refractivity contribution < 1.29 is 9.90 Å². The minimum absolute atomic E-state index is 0.0173. The third-order valence-corrected chi connectivity index (χ3v) is 3.06. The van der Waals surface area contributed by atoms with Gasteiger partial charge in [-0.2, -0.15) is 0 Å². The summed E-state index contributed by atoms with van der Waals surface area (Å²) in [6.07, 6.45) is 0. The van der Waals surface area contributed by atoms with Crippen molar-refractivity contribution in [1.29, 1.82) is 0 Å². The third-order valence-electron chi connectivity index (χ3n) is 3.06. The normalized spacial score (nSPS) is 11.8. The van der Waals surface area contributed by atoms with Crippen LogP contribution in [-0.2, 0) is 6.61 Å². The van der Waals surface area contributed by atoms with Crippen LogP contribution in [0.5, 0.6) is 0 Å². The van der Waals surface area contributed by atoms with Crippen molar-refractivity contribution in [2.75, 3.05) is 10.6 Å². The second-order valence-corrected chi connectivity index (χ2v) is 4.85. The summed E-state index contributed by atoms with van der Waals surface area (Å²) in [6, 6.07) is 14.0. The van der Waals surface area contributed by atoms with Crippen molar-refractivity contribution in [2.24, 2.45) is 5.73 Å². The van der Waals surface area contributed by atoms with Gasteiger partial charge in [-0.1, -0.05) is 24.3 Å². The summed E-state index contributed by atoms with van der Waals surface area (Å²) in [5.41, 5.74) is 8.92. The number of anilines is 2. The first-order valence-corrected chi connectivity index (χ1v) is 6.72. The number of carbonyl (C=O) groups is 1. The zero-order valence-electron chi connectivity index (χ0n) is 11.8. The highest BCUT2D eigenvalue weighted by molar-refractivity contribution is 5.99. The Labute approximate surface area is 123 Å². The molecule has 0 aliphatic heterocycles. The molecule has 0 saturated carbocycles. The van der Waals surface area contributed by atoms with Gasteiger partial charge < -0.3 is 21.5 Å². The molecule has 0 aliphatic rings. The molecule has 2 aromatic carbocycles. The fourth-order valence-corrected chi connectivity index (χ4v) is 1.89. The summed E-state index contributed by atoms with van der Waals surface area (Å²) in [5, 5.41) is 14.5. The molecule has 2 aromatic rings. The molecule has 0 bridgehead atoms. The van der Waals surface area contributed by atoms with Crippen molar-refractivity contribution in [3.05, 3.63) is 59.7 Å². The maximum absolute atomic E-state index is 11.9. The van der Waals surface area contributed by atoms with Crippen LogP contribution < -0.4 is 16.4 Å². The number of amides is 2. The van der Waals surface area contributed by atoms with Gasteiger partial charge in [-0.25, -0.2) is 4.79 Å². The van der Waals surface area contributed by atoms with Crippen LogP contribution in [0.4, 0.5) is 16.2 Å². The van der Waals surface area contributed by atoms with Crippen molar-refractivity contribution in [3.8, 4) is 0 Å². The maximum atomic E-state index is 11.9. The van der Waals surface area contributed by atoms with Gasteiger partial charge in [0.05, 0.1) is 6.61 Å². The van der Waals surface area contributed by atoms with E-state index in [2.05, 4.69) is 10.6 Å². The summed E-state index contributed by atoms with van der Waals surface area (Å²) in [4.78, 5) is 11.9. The molecule has 5 heteroatoms. The Balaban J connectivity index is 1.99. The van der Waals surface area contributed by atoms with E-state index in [1.165, 1.54) is 0 Å². The fraction of sp³-hybridized carbons (Fsp3) is 0.188. The molecule has 0 spiro atoms. The number of nitrogens with two attached hydrogens (primary N) is 1. The van der Waals surface area contributed by atoms with Gasteiger partial charge >= 0.3 is 6.03 Å². The van der Waals surface area contributed by atoms with E-state index in [1.54, 1.807) is 30.3 Å². The lowest BCUT2D eigenvalue weighted by Gasteiger charge is -2.11. The first-order chi connectivity index (χ1) is 10.1. The molecule has 0 radical (unpaired) electrons. The van der Waals surface area contributed by atoms with E-state index < -0.39 is 0 Å². The van der Waals surface area contributed by atoms with E-state index in [4.69, 9.17) is 10.8 Å².